The Balaban J connectivity index is 2.46. The number of ether oxygens (including phenoxy) is 1. The number of benzene rings is 1. The van der Waals surface area contributed by atoms with Gasteiger partial charge in [-0.25, -0.2) is 0 Å². The van der Waals surface area contributed by atoms with Crippen LogP contribution in [0.3, 0.4) is 0 Å². The van der Waals surface area contributed by atoms with Crippen molar-refractivity contribution in [1.82, 2.24) is 0 Å². The largest absolute Gasteiger partial charge is 0.483 e. The van der Waals surface area contributed by atoms with E-state index in [4.69, 9.17) is 4.74 Å². The lowest BCUT2D eigenvalue weighted by Gasteiger charge is -2.40. The average Bonchev–Trinajstić information content (AvgIpc) is 2.47. The maximum atomic E-state index is 6.21. The van der Waals surface area contributed by atoms with Crippen LogP contribution in [0.25, 0.3) is 0 Å². The van der Waals surface area contributed by atoms with Gasteiger partial charge in [0.2, 0.25) is 0 Å². The molecule has 1 aromatic carbocycles. The van der Waals surface area contributed by atoms with Crippen LogP contribution in [0.5, 0.6) is 0 Å². The van der Waals surface area contributed by atoms with Crippen molar-refractivity contribution in [3.63, 3.8) is 0 Å². The molecule has 1 heteroatoms. The number of hydrogen-bond donors (Lipinski definition) is 0. The van der Waals surface area contributed by atoms with Crippen LogP contribution in [0.15, 0.2) is 48.8 Å². The van der Waals surface area contributed by atoms with Crippen molar-refractivity contribution in [2.24, 2.45) is 5.41 Å². The van der Waals surface area contributed by atoms with E-state index in [-0.39, 0.29) is 11.0 Å². The smallest absolute Gasteiger partial charge is 0.137 e. The van der Waals surface area contributed by atoms with Crippen LogP contribution >= 0.6 is 0 Å². The van der Waals surface area contributed by atoms with E-state index in [2.05, 4.69) is 58.2 Å². The molecule has 0 aromatic heterocycles. The summed E-state index contributed by atoms with van der Waals surface area (Å²) in [5, 5.41) is 0. The third kappa shape index (κ3) is 1.78. The van der Waals surface area contributed by atoms with Crippen molar-refractivity contribution >= 4 is 0 Å². The van der Waals surface area contributed by atoms with E-state index in [0.717, 1.165) is 12.0 Å². The Kier molecular flexibility index (Phi) is 2.89. The predicted molar refractivity (Wildman–Crippen MR) is 76.3 cm³/mol. The highest BCUT2D eigenvalue weighted by atomic mass is 16.5. The first kappa shape index (κ1) is 12.9. The topological polar surface area (TPSA) is 9.23 Å². The van der Waals surface area contributed by atoms with E-state index in [9.17, 15) is 0 Å². The van der Waals surface area contributed by atoms with Gasteiger partial charge < -0.3 is 4.74 Å². The second kappa shape index (κ2) is 4.01. The summed E-state index contributed by atoms with van der Waals surface area (Å²) in [6.07, 6.45) is 1.03. The third-order valence-corrected chi connectivity index (χ3v) is 4.26. The number of fused-ring (bicyclic) bond motifs is 1. The van der Waals surface area contributed by atoms with Gasteiger partial charge in [0.15, 0.2) is 0 Å². The normalized spacial score (nSPS) is 24.4. The molecule has 1 aromatic rings. The zero-order chi connectivity index (χ0) is 13.6. The first-order chi connectivity index (χ1) is 8.28. The fourth-order valence-electron chi connectivity index (χ4n) is 2.68. The zero-order valence-corrected chi connectivity index (χ0v) is 11.8. The van der Waals surface area contributed by atoms with E-state index in [0.29, 0.717) is 5.76 Å². The van der Waals surface area contributed by atoms with E-state index >= 15 is 0 Å². The molecule has 0 aliphatic heterocycles. The molecule has 1 atom stereocenters. The number of allylic oxidation sites excluding steroid dienone is 1. The Labute approximate surface area is 110 Å². The average molecular weight is 242 g/mol. The summed E-state index contributed by atoms with van der Waals surface area (Å²) < 4.78 is 6.21. The number of rotatable bonds is 3. The van der Waals surface area contributed by atoms with Crippen LogP contribution in [-0.2, 0) is 16.8 Å². The van der Waals surface area contributed by atoms with Gasteiger partial charge in [0.25, 0.3) is 0 Å². The van der Waals surface area contributed by atoms with E-state index < -0.39 is 0 Å². The molecule has 96 valence electrons. The molecule has 0 amide bonds. The molecule has 0 fully saturated rings. The predicted octanol–water partition coefficient (Wildman–Crippen LogP) is 4.59. The molecule has 18 heavy (non-hydrogen) atoms. The minimum atomic E-state index is -0.334. The van der Waals surface area contributed by atoms with Crippen molar-refractivity contribution in [2.75, 3.05) is 0 Å². The SMILES string of the molecule is C=C(C)C(=C)OC1(C)c2ccccc2CC1(C)C. The van der Waals surface area contributed by atoms with Crippen LogP contribution in [0.1, 0.15) is 38.8 Å². The van der Waals surface area contributed by atoms with Gasteiger partial charge in [0.05, 0.1) is 0 Å². The van der Waals surface area contributed by atoms with Crippen LogP contribution in [0.2, 0.25) is 0 Å². The van der Waals surface area contributed by atoms with E-state index in [1.54, 1.807) is 0 Å². The molecule has 0 radical (unpaired) electrons. The second-order valence-corrected chi connectivity index (χ2v) is 6.06. The molecule has 2 rings (SSSR count). The van der Waals surface area contributed by atoms with Crippen molar-refractivity contribution < 1.29 is 4.74 Å². The highest BCUT2D eigenvalue weighted by Crippen LogP contribution is 2.53. The quantitative estimate of drug-likeness (QED) is 0.556. The Morgan fingerprint density at radius 3 is 2.39 bits per heavy atom. The maximum absolute atomic E-state index is 6.21. The Bertz CT molecular complexity index is 510. The molecule has 0 saturated carbocycles. The fourth-order valence-corrected chi connectivity index (χ4v) is 2.68. The molecule has 1 unspecified atom stereocenters. The molecule has 0 spiro atoms. The molecule has 0 N–H and O–H groups in total. The van der Waals surface area contributed by atoms with Crippen LogP contribution < -0.4 is 0 Å². The first-order valence-electron chi connectivity index (χ1n) is 6.40. The Morgan fingerprint density at radius 1 is 1.17 bits per heavy atom. The monoisotopic (exact) mass is 242 g/mol. The van der Waals surface area contributed by atoms with Crippen molar-refractivity contribution in [3.8, 4) is 0 Å². The minimum Gasteiger partial charge on any atom is -0.483 e. The van der Waals surface area contributed by atoms with Gasteiger partial charge in [-0.05, 0) is 37.0 Å². The van der Waals surface area contributed by atoms with E-state index in [1.807, 2.05) is 6.92 Å². The summed E-state index contributed by atoms with van der Waals surface area (Å²) in [6.45, 7) is 16.5. The molecule has 0 saturated heterocycles. The maximum Gasteiger partial charge on any atom is 0.137 e. The first-order valence-corrected chi connectivity index (χ1v) is 6.40. The fraction of sp³-hybridized carbons (Fsp3) is 0.412. The summed E-state index contributed by atoms with van der Waals surface area (Å²) in [7, 11) is 0. The molecule has 1 aliphatic carbocycles. The summed E-state index contributed by atoms with van der Waals surface area (Å²) >= 11 is 0. The van der Waals surface area contributed by atoms with Crippen LogP contribution in [-0.4, -0.2) is 0 Å². The summed E-state index contributed by atoms with van der Waals surface area (Å²) in [5.41, 5.74) is 3.25. The van der Waals surface area contributed by atoms with Crippen molar-refractivity contribution in [2.45, 2.75) is 39.7 Å². The lowest BCUT2D eigenvalue weighted by Crippen LogP contribution is -2.38. The Hall–Kier alpha value is -1.50. The number of hydrogen-bond acceptors (Lipinski definition) is 1. The minimum absolute atomic E-state index is 0.0507. The highest BCUT2D eigenvalue weighted by Gasteiger charge is 2.51. The molecular weight excluding hydrogens is 220 g/mol. The summed E-state index contributed by atoms with van der Waals surface area (Å²) in [6, 6.07) is 8.52. The lowest BCUT2D eigenvalue weighted by atomic mass is 9.76. The molecule has 0 heterocycles. The molecule has 0 bridgehead atoms. The third-order valence-electron chi connectivity index (χ3n) is 4.26. The standard InChI is InChI=1S/C17H22O/c1-12(2)13(3)18-17(6)15-10-8-7-9-14(15)11-16(17,4)5/h7-10H,1,3,11H2,2,4-6H3. The van der Waals surface area contributed by atoms with Gasteiger partial charge >= 0.3 is 0 Å². The van der Waals surface area contributed by atoms with Crippen LogP contribution in [0.4, 0.5) is 0 Å². The van der Waals surface area contributed by atoms with E-state index in [1.165, 1.54) is 11.1 Å². The second-order valence-electron chi connectivity index (χ2n) is 6.06. The van der Waals surface area contributed by atoms with Gasteiger partial charge in [-0.15, -0.1) is 0 Å². The van der Waals surface area contributed by atoms with Crippen LogP contribution in [0, 0.1) is 5.41 Å². The summed E-state index contributed by atoms with van der Waals surface area (Å²) in [4.78, 5) is 0. The van der Waals surface area contributed by atoms with Gasteiger partial charge in [-0.3, -0.25) is 0 Å². The lowest BCUT2D eigenvalue weighted by molar-refractivity contribution is -0.0657. The molecule has 1 nitrogen and oxygen atoms in total. The molecular formula is C17H22O. The summed E-state index contributed by atoms with van der Waals surface area (Å²) in [5.74, 6) is 0.683. The van der Waals surface area contributed by atoms with Gasteiger partial charge in [0, 0.05) is 5.41 Å². The van der Waals surface area contributed by atoms with Gasteiger partial charge in [-0.2, -0.15) is 0 Å². The highest BCUT2D eigenvalue weighted by molar-refractivity contribution is 5.41. The van der Waals surface area contributed by atoms with Gasteiger partial charge in [-0.1, -0.05) is 51.3 Å². The van der Waals surface area contributed by atoms with Gasteiger partial charge in [0.1, 0.15) is 11.4 Å². The van der Waals surface area contributed by atoms with Crippen molar-refractivity contribution in [1.29, 1.82) is 0 Å². The Morgan fingerprint density at radius 2 is 1.78 bits per heavy atom. The molecule has 1 aliphatic rings. The zero-order valence-electron chi connectivity index (χ0n) is 11.8. The van der Waals surface area contributed by atoms with Crippen molar-refractivity contribution in [3.05, 3.63) is 59.9 Å².